The van der Waals surface area contributed by atoms with Crippen molar-refractivity contribution in [1.82, 2.24) is 9.97 Å². The quantitative estimate of drug-likeness (QED) is 0.632. The fourth-order valence-corrected chi connectivity index (χ4v) is 4.22. The lowest BCUT2D eigenvalue weighted by atomic mass is 9.93. The maximum absolute atomic E-state index is 13.1. The number of carbonyl (C=O) groups excluding carboxylic acids is 1. The van der Waals surface area contributed by atoms with Crippen molar-refractivity contribution in [3.63, 3.8) is 0 Å². The minimum absolute atomic E-state index is 0.00659. The van der Waals surface area contributed by atoms with Gasteiger partial charge in [0.2, 0.25) is 5.88 Å². The summed E-state index contributed by atoms with van der Waals surface area (Å²) in [5.41, 5.74) is 7.43. The van der Waals surface area contributed by atoms with E-state index in [0.29, 0.717) is 17.5 Å². The van der Waals surface area contributed by atoms with Gasteiger partial charge in [0.15, 0.2) is 5.13 Å². The monoisotopic (exact) mass is 412 g/mol. The summed E-state index contributed by atoms with van der Waals surface area (Å²) in [5, 5.41) is 6.31. The summed E-state index contributed by atoms with van der Waals surface area (Å²) in [5.74, 6) is -0.487. The van der Waals surface area contributed by atoms with Gasteiger partial charge in [0.05, 0.1) is 5.69 Å². The van der Waals surface area contributed by atoms with E-state index in [1.807, 2.05) is 5.38 Å². The van der Waals surface area contributed by atoms with Crippen molar-refractivity contribution in [2.45, 2.75) is 37.8 Å². The minimum Gasteiger partial charge on any atom is -0.474 e. The molecule has 4 rings (SSSR count). The van der Waals surface area contributed by atoms with Crippen LogP contribution >= 0.6 is 11.3 Å². The lowest BCUT2D eigenvalue weighted by Gasteiger charge is -2.29. The van der Waals surface area contributed by atoms with E-state index in [-0.39, 0.29) is 11.9 Å². The van der Waals surface area contributed by atoms with Crippen molar-refractivity contribution in [3.05, 3.63) is 59.4 Å². The number of aromatic nitrogens is 2. The van der Waals surface area contributed by atoms with Gasteiger partial charge in [-0.25, -0.2) is 14.4 Å². The smallest absolute Gasteiger partial charge is 0.254 e. The Bertz CT molecular complexity index is 984. The van der Waals surface area contributed by atoms with Crippen LogP contribution in [-0.4, -0.2) is 28.0 Å². The second-order valence-electron chi connectivity index (χ2n) is 7.00. The average Bonchev–Trinajstić information content (AvgIpc) is 3.19. The summed E-state index contributed by atoms with van der Waals surface area (Å²) in [4.78, 5) is 20.3. The highest BCUT2D eigenvalue weighted by Crippen LogP contribution is 2.29. The molecule has 1 saturated carbocycles. The summed E-state index contributed by atoms with van der Waals surface area (Å²) in [6.07, 6.45) is 5.15. The maximum atomic E-state index is 13.1. The zero-order valence-corrected chi connectivity index (χ0v) is 16.5. The van der Waals surface area contributed by atoms with Crippen molar-refractivity contribution in [2.24, 2.45) is 5.73 Å². The van der Waals surface area contributed by atoms with E-state index in [4.69, 9.17) is 10.5 Å². The molecule has 0 radical (unpaired) electrons. The van der Waals surface area contributed by atoms with Crippen LogP contribution in [0.4, 0.5) is 9.52 Å². The lowest BCUT2D eigenvalue weighted by molar-refractivity contribution is 0.0983. The number of ether oxygens (including phenoxy) is 1. The zero-order chi connectivity index (χ0) is 20.2. The van der Waals surface area contributed by atoms with Gasteiger partial charge in [0, 0.05) is 23.2 Å². The van der Waals surface area contributed by atoms with E-state index in [9.17, 15) is 9.18 Å². The fraction of sp³-hybridized carbons (Fsp3) is 0.286. The summed E-state index contributed by atoms with van der Waals surface area (Å²) >= 11 is 1.54. The molecule has 0 saturated heterocycles. The highest BCUT2D eigenvalue weighted by atomic mass is 32.1. The van der Waals surface area contributed by atoms with E-state index in [2.05, 4.69) is 15.3 Å². The molecule has 1 aliphatic rings. The molecule has 1 aliphatic carbocycles. The number of primary amides is 1. The van der Waals surface area contributed by atoms with Crippen molar-refractivity contribution in [1.29, 1.82) is 0 Å². The normalized spacial score (nSPS) is 18.9. The molecule has 3 N–H and O–H groups in total. The van der Waals surface area contributed by atoms with Gasteiger partial charge in [-0.2, -0.15) is 0 Å². The molecule has 3 aromatic rings. The first kappa shape index (κ1) is 19.3. The molecule has 0 aliphatic heterocycles. The summed E-state index contributed by atoms with van der Waals surface area (Å²) in [6.45, 7) is 0. The first-order valence-electron chi connectivity index (χ1n) is 9.48. The van der Waals surface area contributed by atoms with Crippen molar-refractivity contribution >= 4 is 22.4 Å². The molecule has 1 fully saturated rings. The van der Waals surface area contributed by atoms with E-state index in [1.165, 1.54) is 12.1 Å². The predicted octanol–water partition coefficient (Wildman–Crippen LogP) is 4.25. The first-order valence-corrected chi connectivity index (χ1v) is 10.4. The second kappa shape index (κ2) is 8.57. The van der Waals surface area contributed by atoms with Crippen LogP contribution in [0.5, 0.6) is 5.88 Å². The molecule has 1 aromatic carbocycles. The summed E-state index contributed by atoms with van der Waals surface area (Å²) in [7, 11) is 0. The molecule has 0 spiro atoms. The van der Waals surface area contributed by atoms with Crippen LogP contribution in [0.2, 0.25) is 0 Å². The molecular formula is C21H21FN4O2S. The number of halogens is 1. The number of hydrogen-bond acceptors (Lipinski definition) is 6. The Morgan fingerprint density at radius 3 is 2.66 bits per heavy atom. The number of rotatable bonds is 6. The molecular weight excluding hydrogens is 391 g/mol. The van der Waals surface area contributed by atoms with Crippen LogP contribution in [0.15, 0.2) is 48.0 Å². The number of pyridine rings is 1. The maximum Gasteiger partial charge on any atom is 0.254 e. The van der Waals surface area contributed by atoms with E-state index >= 15 is 0 Å². The minimum atomic E-state index is -0.538. The third-order valence-corrected chi connectivity index (χ3v) is 5.73. The molecule has 6 nitrogen and oxygen atoms in total. The molecule has 0 unspecified atom stereocenters. The Balaban J connectivity index is 1.32. The summed E-state index contributed by atoms with van der Waals surface area (Å²) < 4.78 is 19.0. The Labute approximate surface area is 172 Å². The molecule has 0 atom stereocenters. The number of nitrogens with zero attached hydrogens (tertiary/aromatic N) is 2. The number of thiazole rings is 1. The molecule has 8 heteroatoms. The molecule has 150 valence electrons. The van der Waals surface area contributed by atoms with Gasteiger partial charge in [-0.3, -0.25) is 4.79 Å². The number of nitrogens with two attached hydrogens (primary N) is 1. The van der Waals surface area contributed by atoms with Crippen LogP contribution < -0.4 is 15.8 Å². The van der Waals surface area contributed by atoms with Crippen molar-refractivity contribution in [3.8, 4) is 17.1 Å². The molecule has 2 heterocycles. The molecule has 1 amide bonds. The second-order valence-corrected chi connectivity index (χ2v) is 7.86. The highest BCUT2D eigenvalue weighted by molar-refractivity contribution is 7.14. The molecule has 29 heavy (non-hydrogen) atoms. The van der Waals surface area contributed by atoms with Gasteiger partial charge in [0.1, 0.15) is 17.5 Å². The first-order chi connectivity index (χ1) is 14.1. The molecule has 2 aromatic heterocycles. The van der Waals surface area contributed by atoms with E-state index < -0.39 is 5.91 Å². The Morgan fingerprint density at radius 2 is 1.93 bits per heavy atom. The van der Waals surface area contributed by atoms with Gasteiger partial charge >= 0.3 is 0 Å². The van der Waals surface area contributed by atoms with E-state index in [0.717, 1.165) is 42.1 Å². The Kier molecular flexibility index (Phi) is 5.71. The van der Waals surface area contributed by atoms with Crippen molar-refractivity contribution in [2.75, 3.05) is 5.32 Å². The largest absolute Gasteiger partial charge is 0.474 e. The van der Waals surface area contributed by atoms with Gasteiger partial charge in [-0.05, 0) is 62.1 Å². The molecule has 0 bridgehead atoms. The number of benzene rings is 1. The SMILES string of the molecule is NC(=O)c1cccnc1O[C@H]1CC[C@H](Nc2nc(-c3ccc(F)cc3)cs2)CC1. The Hall–Kier alpha value is -3.00. The number of anilines is 1. The topological polar surface area (TPSA) is 90.1 Å². The fourth-order valence-electron chi connectivity index (χ4n) is 3.42. The summed E-state index contributed by atoms with van der Waals surface area (Å²) in [6, 6.07) is 9.94. The van der Waals surface area contributed by atoms with Crippen LogP contribution in [0.25, 0.3) is 11.3 Å². The zero-order valence-electron chi connectivity index (χ0n) is 15.7. The van der Waals surface area contributed by atoms with Crippen molar-refractivity contribution < 1.29 is 13.9 Å². The number of carbonyl (C=O) groups is 1. The van der Waals surface area contributed by atoms with Gasteiger partial charge in [-0.15, -0.1) is 11.3 Å². The Morgan fingerprint density at radius 1 is 1.17 bits per heavy atom. The number of amides is 1. The van der Waals surface area contributed by atoms with Crippen LogP contribution in [0.3, 0.4) is 0 Å². The van der Waals surface area contributed by atoms with Gasteiger partial charge in [-0.1, -0.05) is 0 Å². The third kappa shape index (κ3) is 4.71. The average molecular weight is 412 g/mol. The van der Waals surface area contributed by atoms with E-state index in [1.54, 1.807) is 41.8 Å². The lowest BCUT2D eigenvalue weighted by Crippen LogP contribution is -2.31. The third-order valence-electron chi connectivity index (χ3n) is 4.96. The van der Waals surface area contributed by atoms with Crippen LogP contribution in [0.1, 0.15) is 36.0 Å². The van der Waals surface area contributed by atoms with Crippen LogP contribution in [0, 0.1) is 5.82 Å². The standard InChI is InChI=1S/C21H21FN4O2S/c22-14-5-3-13(4-6-14)18-12-29-21(26-18)25-15-7-9-16(10-8-15)28-20-17(19(23)27)2-1-11-24-20/h1-6,11-12,15-16H,7-10H2,(H2,23,27)(H,25,26)/t15-,16-. The van der Waals surface area contributed by atoms with Crippen LogP contribution in [-0.2, 0) is 0 Å². The predicted molar refractivity (Wildman–Crippen MR) is 111 cm³/mol. The highest BCUT2D eigenvalue weighted by Gasteiger charge is 2.24. The van der Waals surface area contributed by atoms with Gasteiger partial charge < -0.3 is 15.8 Å². The number of hydrogen-bond donors (Lipinski definition) is 2. The number of nitrogens with one attached hydrogen (secondary N) is 1. The van der Waals surface area contributed by atoms with Gasteiger partial charge in [0.25, 0.3) is 5.91 Å².